The van der Waals surface area contributed by atoms with Crippen LogP contribution in [0, 0.1) is 0 Å². The molecular weight excluding hydrogens is 466 g/mol. The van der Waals surface area contributed by atoms with Gasteiger partial charge in [0.25, 0.3) is 11.6 Å². The Bertz CT molecular complexity index is 1060. The van der Waals surface area contributed by atoms with Crippen LogP contribution in [0.15, 0.2) is 33.3 Å². The van der Waals surface area contributed by atoms with E-state index in [0.29, 0.717) is 32.9 Å². The summed E-state index contributed by atoms with van der Waals surface area (Å²) in [6, 6.07) is 1.67. The van der Waals surface area contributed by atoms with Gasteiger partial charge in [-0.25, -0.2) is 9.48 Å². The summed E-state index contributed by atoms with van der Waals surface area (Å²) in [5, 5.41) is 27.8. The Balaban J connectivity index is 1.53. The predicted octanol–water partition coefficient (Wildman–Crippen LogP) is 0.0464. The number of aromatic nitrogens is 5. The highest BCUT2D eigenvalue weighted by Crippen LogP contribution is 2.47. The molecule has 0 saturated carbocycles. The molecule has 31 heavy (non-hydrogen) atoms. The fraction of sp³-hybridized carbons (Fsp3) is 0.438. The Morgan fingerprint density at radius 1 is 1.58 bits per heavy atom. The molecule has 4 heterocycles. The number of carboxylic acid groups (broad SMARTS) is 1. The molecule has 2 atom stereocenters. The first kappa shape index (κ1) is 21.7. The molecule has 2 aliphatic rings. The van der Waals surface area contributed by atoms with Crippen molar-refractivity contribution in [1.82, 2.24) is 35.6 Å². The van der Waals surface area contributed by atoms with Crippen LogP contribution in [0.1, 0.15) is 5.69 Å². The van der Waals surface area contributed by atoms with Crippen LogP contribution in [0.4, 0.5) is 0 Å². The van der Waals surface area contributed by atoms with Crippen LogP contribution < -0.4 is 5.32 Å². The second-order valence-electron chi connectivity index (χ2n) is 6.63. The molecule has 2 N–H and O–H groups in total. The zero-order chi connectivity index (χ0) is 22.2. The van der Waals surface area contributed by atoms with E-state index in [-0.39, 0.29) is 12.1 Å². The molecule has 0 radical (unpaired) electrons. The number of nitrogens with zero attached hydrogens (tertiary/aromatic N) is 6. The SMILES string of the molecule is CO[C@@]1(NC(=S)Cc2ccon2)C(=O)N2C(C(=O)O)=C(CSc3nnnn3C)CS[C@H]21. The maximum Gasteiger partial charge on any atom is 0.352 e. The Kier molecular flexibility index (Phi) is 6.00. The van der Waals surface area contributed by atoms with Gasteiger partial charge in [-0.15, -0.1) is 16.9 Å². The van der Waals surface area contributed by atoms with Gasteiger partial charge in [0.05, 0.1) is 10.7 Å². The Labute approximate surface area is 189 Å². The van der Waals surface area contributed by atoms with Crippen molar-refractivity contribution < 1.29 is 24.0 Å². The predicted molar refractivity (Wildman–Crippen MR) is 113 cm³/mol. The third-order valence-corrected chi connectivity index (χ3v) is 7.47. The third kappa shape index (κ3) is 3.81. The fourth-order valence-electron chi connectivity index (χ4n) is 3.29. The molecule has 2 aromatic rings. The van der Waals surface area contributed by atoms with Gasteiger partial charge in [-0.1, -0.05) is 29.1 Å². The molecule has 0 aliphatic carbocycles. The second-order valence-corrected chi connectivity index (χ2v) is 9.13. The number of thiocarbonyl (C=S) groups is 1. The van der Waals surface area contributed by atoms with E-state index in [0.717, 1.165) is 0 Å². The molecular formula is C16H17N7O5S3. The van der Waals surface area contributed by atoms with E-state index in [9.17, 15) is 14.7 Å². The summed E-state index contributed by atoms with van der Waals surface area (Å²) in [5.74, 6) is -0.968. The maximum absolute atomic E-state index is 13.1. The first-order chi connectivity index (χ1) is 14.9. The van der Waals surface area contributed by atoms with Gasteiger partial charge in [0.1, 0.15) is 17.3 Å². The number of nitrogens with one attached hydrogen (secondary N) is 1. The average molecular weight is 484 g/mol. The van der Waals surface area contributed by atoms with E-state index in [4.69, 9.17) is 21.5 Å². The quantitative estimate of drug-likeness (QED) is 0.225. The number of hydrogen-bond donors (Lipinski definition) is 2. The normalized spacial score (nSPS) is 22.8. The van der Waals surface area contributed by atoms with Gasteiger partial charge in [-0.2, -0.15) is 0 Å². The topological polar surface area (TPSA) is 148 Å². The van der Waals surface area contributed by atoms with Crippen LogP contribution >= 0.6 is 35.7 Å². The van der Waals surface area contributed by atoms with E-state index >= 15 is 0 Å². The highest BCUT2D eigenvalue weighted by molar-refractivity contribution is 8.01. The number of aliphatic carboxylic acids is 1. The largest absolute Gasteiger partial charge is 0.477 e. The lowest BCUT2D eigenvalue weighted by Crippen LogP contribution is -2.80. The molecule has 4 rings (SSSR count). The maximum atomic E-state index is 13.1. The Morgan fingerprint density at radius 2 is 2.39 bits per heavy atom. The number of aryl methyl sites for hydroxylation is 1. The van der Waals surface area contributed by atoms with Gasteiger partial charge in [-0.3, -0.25) is 9.69 Å². The molecule has 0 unspecified atom stereocenters. The third-order valence-electron chi connectivity index (χ3n) is 4.75. The molecule has 2 aromatic heterocycles. The minimum absolute atomic E-state index is 0.0479. The second kappa shape index (κ2) is 8.57. The molecule has 1 saturated heterocycles. The van der Waals surface area contributed by atoms with Crippen LogP contribution in [0.2, 0.25) is 0 Å². The van der Waals surface area contributed by atoms with Gasteiger partial charge in [-0.05, 0) is 16.0 Å². The van der Waals surface area contributed by atoms with Crippen molar-refractivity contribution in [3.8, 4) is 0 Å². The lowest BCUT2D eigenvalue weighted by Gasteiger charge is -2.56. The first-order valence-electron chi connectivity index (χ1n) is 8.88. The van der Waals surface area contributed by atoms with E-state index in [1.54, 1.807) is 13.1 Å². The number of rotatable bonds is 8. The molecule has 1 fully saturated rings. The van der Waals surface area contributed by atoms with Gasteiger partial charge in [0, 0.05) is 38.2 Å². The lowest BCUT2D eigenvalue weighted by atomic mass is 9.98. The van der Waals surface area contributed by atoms with Gasteiger partial charge < -0.3 is 19.7 Å². The van der Waals surface area contributed by atoms with E-state index in [1.807, 2.05) is 0 Å². The summed E-state index contributed by atoms with van der Waals surface area (Å²) in [5.41, 5.74) is -0.288. The Morgan fingerprint density at radius 3 is 3.00 bits per heavy atom. The number of hydrogen-bond acceptors (Lipinski definition) is 11. The number of carbonyl (C=O) groups is 2. The monoisotopic (exact) mass is 483 g/mol. The zero-order valence-corrected chi connectivity index (χ0v) is 18.8. The van der Waals surface area contributed by atoms with E-state index in [2.05, 4.69) is 26.0 Å². The number of ether oxygens (including phenoxy) is 1. The van der Waals surface area contributed by atoms with Crippen molar-refractivity contribution in [1.29, 1.82) is 0 Å². The van der Waals surface area contributed by atoms with Gasteiger partial charge in [0.15, 0.2) is 0 Å². The number of carbonyl (C=O) groups excluding carboxylic acids is 1. The van der Waals surface area contributed by atoms with Crippen LogP contribution in [0.3, 0.4) is 0 Å². The number of thioether (sulfide) groups is 2. The number of carboxylic acids is 1. The highest BCUT2D eigenvalue weighted by atomic mass is 32.2. The van der Waals surface area contributed by atoms with Gasteiger partial charge in [0.2, 0.25) is 5.16 Å². The van der Waals surface area contributed by atoms with Crippen molar-refractivity contribution in [2.45, 2.75) is 22.7 Å². The number of β-lactam (4-membered cyclic amide) rings is 1. The number of tetrazole rings is 1. The number of fused-ring (bicyclic) bond motifs is 1. The van der Waals surface area contributed by atoms with Crippen LogP contribution in [0.5, 0.6) is 0 Å². The zero-order valence-electron chi connectivity index (χ0n) is 16.3. The fourth-order valence-corrected chi connectivity index (χ4v) is 6.02. The van der Waals surface area contributed by atoms with Crippen molar-refractivity contribution in [3.63, 3.8) is 0 Å². The summed E-state index contributed by atoms with van der Waals surface area (Å²) in [7, 11) is 3.08. The summed E-state index contributed by atoms with van der Waals surface area (Å²) >= 11 is 8.06. The summed E-state index contributed by atoms with van der Waals surface area (Å²) in [6.07, 6.45) is 1.69. The Hall–Kier alpha value is -2.49. The molecule has 0 bridgehead atoms. The molecule has 12 nitrogen and oxygen atoms in total. The van der Waals surface area contributed by atoms with Crippen molar-refractivity contribution in [3.05, 3.63) is 29.3 Å². The minimum atomic E-state index is -1.45. The van der Waals surface area contributed by atoms with Crippen LogP contribution in [-0.4, -0.2) is 81.9 Å². The van der Waals surface area contributed by atoms with Crippen LogP contribution in [-0.2, 0) is 27.8 Å². The van der Waals surface area contributed by atoms with Gasteiger partial charge >= 0.3 is 5.97 Å². The van der Waals surface area contributed by atoms with Crippen LogP contribution in [0.25, 0.3) is 0 Å². The van der Waals surface area contributed by atoms with Crippen molar-refractivity contribution in [2.75, 3.05) is 18.6 Å². The lowest BCUT2D eigenvalue weighted by molar-refractivity contribution is -0.187. The smallest absolute Gasteiger partial charge is 0.352 e. The standard InChI is InChI=1S/C16H17N7O5S3/c1-22-15(18-20-21-22)31-7-8-6-30-14-16(27-2,13(26)23(14)11(8)12(24)25)17-10(29)5-9-3-4-28-19-9/h3-4,14H,5-7H2,1-2H3,(H,17,29)(H,24,25)/t14-,16-/m0/s1. The minimum Gasteiger partial charge on any atom is -0.477 e. The summed E-state index contributed by atoms with van der Waals surface area (Å²) in [6.45, 7) is 0. The number of methoxy groups -OCH3 is 1. The average Bonchev–Trinajstić information content (AvgIpc) is 3.40. The first-order valence-corrected chi connectivity index (χ1v) is 11.3. The molecule has 1 amide bonds. The summed E-state index contributed by atoms with van der Waals surface area (Å²) < 4.78 is 11.8. The number of amides is 1. The van der Waals surface area contributed by atoms with E-state index in [1.165, 1.54) is 46.5 Å². The molecule has 164 valence electrons. The molecule has 0 spiro atoms. The van der Waals surface area contributed by atoms with Crippen molar-refractivity contribution >= 4 is 52.6 Å². The molecule has 2 aliphatic heterocycles. The summed E-state index contributed by atoms with van der Waals surface area (Å²) in [4.78, 5) is 26.7. The molecule has 0 aromatic carbocycles. The molecule has 15 heteroatoms. The van der Waals surface area contributed by atoms with E-state index < -0.39 is 23.0 Å². The van der Waals surface area contributed by atoms with Crippen molar-refractivity contribution in [2.24, 2.45) is 7.05 Å². The highest BCUT2D eigenvalue weighted by Gasteiger charge is 2.66.